The van der Waals surface area contributed by atoms with Gasteiger partial charge < -0.3 is 11.5 Å². The molecule has 0 saturated heterocycles. The van der Waals surface area contributed by atoms with Crippen molar-refractivity contribution in [3.63, 3.8) is 0 Å². The first kappa shape index (κ1) is 11.8. The monoisotopic (exact) mass is 264 g/mol. The van der Waals surface area contributed by atoms with Crippen LogP contribution in [0, 0.1) is 0 Å². The molecule has 6 heteroatoms. The number of nitrogens with two attached hydrogens (primary N) is 2. The van der Waals surface area contributed by atoms with Crippen LogP contribution in [0.15, 0.2) is 30.5 Å². The van der Waals surface area contributed by atoms with Crippen molar-refractivity contribution in [3.8, 4) is 11.4 Å². The van der Waals surface area contributed by atoms with E-state index in [1.54, 1.807) is 12.1 Å². The van der Waals surface area contributed by atoms with Gasteiger partial charge in [0.15, 0.2) is 5.82 Å². The van der Waals surface area contributed by atoms with Crippen molar-refractivity contribution in [2.24, 2.45) is 5.73 Å². The minimum Gasteiger partial charge on any atom is -0.389 e. The molecule has 0 aliphatic heterocycles. The molecule has 1 aromatic heterocycles. The average Bonchev–Trinajstić information content (AvgIpc) is 2.29. The van der Waals surface area contributed by atoms with Gasteiger partial charge in [0.2, 0.25) is 0 Å². The van der Waals surface area contributed by atoms with Gasteiger partial charge in [0.1, 0.15) is 10.8 Å². The van der Waals surface area contributed by atoms with E-state index in [1.807, 2.05) is 12.1 Å². The smallest absolute Gasteiger partial charge is 0.161 e. The summed E-state index contributed by atoms with van der Waals surface area (Å²) >= 11 is 10.6. The zero-order valence-corrected chi connectivity index (χ0v) is 10.3. The van der Waals surface area contributed by atoms with Gasteiger partial charge in [-0.25, -0.2) is 9.97 Å². The second kappa shape index (κ2) is 4.65. The fourth-order valence-electron chi connectivity index (χ4n) is 1.32. The van der Waals surface area contributed by atoms with E-state index in [0.717, 1.165) is 5.56 Å². The number of aromatic nitrogens is 2. The number of halogens is 1. The van der Waals surface area contributed by atoms with Crippen LogP contribution >= 0.6 is 23.8 Å². The Labute approximate surface area is 109 Å². The molecule has 0 aliphatic rings. The molecule has 2 aromatic rings. The Bertz CT molecular complexity index is 568. The lowest BCUT2D eigenvalue weighted by atomic mass is 10.2. The molecule has 17 heavy (non-hydrogen) atoms. The van der Waals surface area contributed by atoms with E-state index in [2.05, 4.69) is 9.97 Å². The topological polar surface area (TPSA) is 77.8 Å². The molecule has 0 atom stereocenters. The third-order valence-electron chi connectivity index (χ3n) is 2.19. The van der Waals surface area contributed by atoms with E-state index in [4.69, 9.17) is 35.3 Å². The Kier molecular flexibility index (Phi) is 3.21. The molecule has 0 aliphatic carbocycles. The second-order valence-corrected chi connectivity index (χ2v) is 4.24. The molecule has 0 fully saturated rings. The van der Waals surface area contributed by atoms with Crippen molar-refractivity contribution >= 4 is 34.6 Å². The van der Waals surface area contributed by atoms with Crippen molar-refractivity contribution in [1.82, 2.24) is 9.97 Å². The van der Waals surface area contributed by atoms with Crippen LogP contribution < -0.4 is 11.5 Å². The number of benzene rings is 1. The number of rotatable bonds is 2. The van der Waals surface area contributed by atoms with Gasteiger partial charge in [-0.05, 0) is 24.3 Å². The predicted octanol–water partition coefficient (Wildman–Crippen LogP) is 2.01. The first-order chi connectivity index (χ1) is 8.08. The van der Waals surface area contributed by atoms with Gasteiger partial charge in [-0.3, -0.25) is 0 Å². The number of thiocarbonyl (C=S) groups is 1. The van der Waals surface area contributed by atoms with Gasteiger partial charge in [0.05, 0.1) is 5.56 Å². The van der Waals surface area contributed by atoms with E-state index < -0.39 is 0 Å². The number of nitrogens with zero attached hydrogens (tertiary/aromatic N) is 2. The summed E-state index contributed by atoms with van der Waals surface area (Å²) in [6.45, 7) is 0. The third kappa shape index (κ3) is 2.51. The summed E-state index contributed by atoms with van der Waals surface area (Å²) in [5, 5.41) is 0.654. The molecule has 0 unspecified atom stereocenters. The number of nitrogen functional groups attached to an aromatic ring is 1. The molecular weight excluding hydrogens is 256 g/mol. The van der Waals surface area contributed by atoms with Gasteiger partial charge in [-0.15, -0.1) is 0 Å². The normalized spacial score (nSPS) is 10.2. The summed E-state index contributed by atoms with van der Waals surface area (Å²) in [5.41, 5.74) is 12.5. The third-order valence-corrected chi connectivity index (χ3v) is 2.66. The van der Waals surface area contributed by atoms with Crippen molar-refractivity contribution < 1.29 is 0 Å². The Morgan fingerprint density at radius 3 is 2.41 bits per heavy atom. The Morgan fingerprint density at radius 2 is 1.88 bits per heavy atom. The fourth-order valence-corrected chi connectivity index (χ4v) is 1.61. The SMILES string of the molecule is NC(=S)c1cnc(-c2ccc(Cl)cc2)nc1N. The van der Waals surface area contributed by atoms with Gasteiger partial charge in [0.25, 0.3) is 0 Å². The summed E-state index contributed by atoms with van der Waals surface area (Å²) in [5.74, 6) is 0.789. The average molecular weight is 265 g/mol. The molecule has 4 nitrogen and oxygen atoms in total. The molecule has 0 spiro atoms. The van der Waals surface area contributed by atoms with Crippen LogP contribution in [0.3, 0.4) is 0 Å². The summed E-state index contributed by atoms with van der Waals surface area (Å²) in [6.07, 6.45) is 1.52. The van der Waals surface area contributed by atoms with Gasteiger partial charge in [0, 0.05) is 16.8 Å². The van der Waals surface area contributed by atoms with Gasteiger partial charge >= 0.3 is 0 Å². The maximum atomic E-state index is 5.80. The van der Waals surface area contributed by atoms with Gasteiger partial charge in [-0.2, -0.15) is 0 Å². The maximum absolute atomic E-state index is 5.80. The molecular formula is C11H9ClN4S. The standard InChI is InChI=1S/C11H9ClN4S/c12-7-3-1-6(2-4-7)11-15-5-8(10(14)17)9(13)16-11/h1-5H,(H2,14,17)(H2,13,15,16). The quantitative estimate of drug-likeness (QED) is 0.812. The van der Waals surface area contributed by atoms with Crippen LogP contribution in [0.2, 0.25) is 5.02 Å². The highest BCUT2D eigenvalue weighted by molar-refractivity contribution is 7.80. The number of anilines is 1. The number of hydrogen-bond donors (Lipinski definition) is 2. The van der Waals surface area contributed by atoms with Crippen LogP contribution in [0.1, 0.15) is 5.56 Å². The van der Waals surface area contributed by atoms with Crippen molar-refractivity contribution in [3.05, 3.63) is 41.0 Å². The molecule has 0 amide bonds. The van der Waals surface area contributed by atoms with Crippen molar-refractivity contribution in [1.29, 1.82) is 0 Å². The van der Waals surface area contributed by atoms with Crippen LogP contribution in [0.5, 0.6) is 0 Å². The van der Waals surface area contributed by atoms with Crippen LogP contribution in [0.25, 0.3) is 11.4 Å². The predicted molar refractivity (Wildman–Crippen MR) is 72.8 cm³/mol. The Balaban J connectivity index is 2.44. The Morgan fingerprint density at radius 1 is 1.24 bits per heavy atom. The van der Waals surface area contributed by atoms with E-state index >= 15 is 0 Å². The molecule has 0 radical (unpaired) electrons. The molecule has 0 bridgehead atoms. The van der Waals surface area contributed by atoms with Crippen molar-refractivity contribution in [2.45, 2.75) is 0 Å². The van der Waals surface area contributed by atoms with E-state index in [0.29, 0.717) is 16.4 Å². The van der Waals surface area contributed by atoms with Crippen molar-refractivity contribution in [2.75, 3.05) is 5.73 Å². The minimum atomic E-state index is 0.185. The lowest BCUT2D eigenvalue weighted by Gasteiger charge is -2.05. The second-order valence-electron chi connectivity index (χ2n) is 3.36. The molecule has 4 N–H and O–H groups in total. The largest absolute Gasteiger partial charge is 0.389 e. The Hall–Kier alpha value is -1.72. The first-order valence-electron chi connectivity index (χ1n) is 4.76. The summed E-state index contributed by atoms with van der Waals surface area (Å²) in [7, 11) is 0. The lowest BCUT2D eigenvalue weighted by molar-refractivity contribution is 1.18. The lowest BCUT2D eigenvalue weighted by Crippen LogP contribution is -2.14. The maximum Gasteiger partial charge on any atom is 0.161 e. The molecule has 0 saturated carbocycles. The summed E-state index contributed by atoms with van der Waals surface area (Å²) in [6, 6.07) is 7.16. The van der Waals surface area contributed by atoms with E-state index in [1.165, 1.54) is 6.20 Å². The minimum absolute atomic E-state index is 0.185. The zero-order chi connectivity index (χ0) is 12.4. The first-order valence-corrected chi connectivity index (χ1v) is 5.55. The molecule has 2 rings (SSSR count). The molecule has 1 aromatic carbocycles. The summed E-state index contributed by atoms with van der Waals surface area (Å²) < 4.78 is 0. The van der Waals surface area contributed by atoms with Crippen LogP contribution in [-0.4, -0.2) is 15.0 Å². The van der Waals surface area contributed by atoms with Crippen LogP contribution in [-0.2, 0) is 0 Å². The molecule has 1 heterocycles. The highest BCUT2D eigenvalue weighted by atomic mass is 35.5. The molecule has 86 valence electrons. The van der Waals surface area contributed by atoms with E-state index in [-0.39, 0.29) is 10.8 Å². The zero-order valence-electron chi connectivity index (χ0n) is 8.72. The highest BCUT2D eigenvalue weighted by Gasteiger charge is 2.07. The van der Waals surface area contributed by atoms with Crippen LogP contribution in [0.4, 0.5) is 5.82 Å². The summed E-state index contributed by atoms with van der Waals surface area (Å²) in [4.78, 5) is 8.49. The van der Waals surface area contributed by atoms with E-state index in [9.17, 15) is 0 Å². The van der Waals surface area contributed by atoms with Gasteiger partial charge in [-0.1, -0.05) is 23.8 Å². The number of hydrogen-bond acceptors (Lipinski definition) is 4. The highest BCUT2D eigenvalue weighted by Crippen LogP contribution is 2.19. The fraction of sp³-hybridized carbons (Fsp3) is 0.